The number of halogens is 1. The van der Waals surface area contributed by atoms with Crippen molar-refractivity contribution in [3.8, 4) is 11.5 Å². The molecule has 1 aromatic heterocycles. The SMILES string of the molecule is CC.CC.CC.Cc1c(Oc2ccc([N+](=O)[O-])cc2F)ccnc1N. The molecule has 25 heavy (non-hydrogen) atoms. The van der Waals surface area contributed by atoms with Crippen LogP contribution in [-0.4, -0.2) is 9.91 Å². The van der Waals surface area contributed by atoms with E-state index < -0.39 is 10.7 Å². The fourth-order valence-corrected chi connectivity index (χ4v) is 1.45. The van der Waals surface area contributed by atoms with Crippen LogP contribution in [-0.2, 0) is 0 Å². The van der Waals surface area contributed by atoms with Gasteiger partial charge in [-0.15, -0.1) is 0 Å². The van der Waals surface area contributed by atoms with Gasteiger partial charge in [0.15, 0.2) is 11.6 Å². The monoisotopic (exact) mass is 353 g/mol. The largest absolute Gasteiger partial charge is 0.454 e. The molecule has 2 N–H and O–H groups in total. The van der Waals surface area contributed by atoms with Gasteiger partial charge in [-0.05, 0) is 19.1 Å². The fourth-order valence-electron chi connectivity index (χ4n) is 1.45. The average molecular weight is 353 g/mol. The van der Waals surface area contributed by atoms with E-state index in [1.54, 1.807) is 6.92 Å². The Kier molecular flexibility index (Phi) is 13.5. The third kappa shape index (κ3) is 7.60. The van der Waals surface area contributed by atoms with Crippen LogP contribution >= 0.6 is 0 Å². The van der Waals surface area contributed by atoms with Crippen LogP contribution in [0.1, 0.15) is 47.1 Å². The van der Waals surface area contributed by atoms with Crippen LogP contribution in [0.25, 0.3) is 0 Å². The number of ether oxygens (including phenoxy) is 1. The van der Waals surface area contributed by atoms with Crippen molar-refractivity contribution in [1.82, 2.24) is 4.98 Å². The lowest BCUT2D eigenvalue weighted by molar-refractivity contribution is -0.385. The van der Waals surface area contributed by atoms with Gasteiger partial charge < -0.3 is 10.5 Å². The number of rotatable bonds is 3. The first-order valence-corrected chi connectivity index (χ1v) is 8.32. The van der Waals surface area contributed by atoms with Crippen LogP contribution in [0.3, 0.4) is 0 Å². The molecule has 0 spiro atoms. The second kappa shape index (κ2) is 13.7. The number of hydrogen-bond acceptors (Lipinski definition) is 5. The molecule has 0 aliphatic heterocycles. The van der Waals surface area contributed by atoms with Crippen LogP contribution in [0.5, 0.6) is 11.5 Å². The number of nitrogen functional groups attached to an aromatic ring is 1. The van der Waals surface area contributed by atoms with Gasteiger partial charge in [0.05, 0.1) is 11.0 Å². The molecule has 0 atom stereocenters. The minimum atomic E-state index is -0.816. The fraction of sp³-hybridized carbons (Fsp3) is 0.389. The third-order valence-electron chi connectivity index (χ3n) is 2.54. The van der Waals surface area contributed by atoms with Gasteiger partial charge in [0.1, 0.15) is 11.6 Å². The number of non-ortho nitro benzene ring substituents is 1. The summed E-state index contributed by atoms with van der Waals surface area (Å²) in [6.07, 6.45) is 1.43. The summed E-state index contributed by atoms with van der Waals surface area (Å²) in [7, 11) is 0. The number of hydrogen-bond donors (Lipinski definition) is 1. The zero-order valence-corrected chi connectivity index (χ0v) is 16.0. The Morgan fingerprint density at radius 3 is 2.12 bits per heavy atom. The maximum Gasteiger partial charge on any atom is 0.272 e. The Bertz CT molecular complexity index is 649. The van der Waals surface area contributed by atoms with E-state index in [4.69, 9.17) is 10.5 Å². The summed E-state index contributed by atoms with van der Waals surface area (Å²) in [4.78, 5) is 13.7. The van der Waals surface area contributed by atoms with Gasteiger partial charge in [0, 0.05) is 17.8 Å². The zero-order valence-electron chi connectivity index (χ0n) is 16.0. The first-order valence-electron chi connectivity index (χ1n) is 8.32. The predicted molar refractivity (Wildman–Crippen MR) is 101 cm³/mol. The quantitative estimate of drug-likeness (QED) is 0.548. The maximum atomic E-state index is 13.7. The second-order valence-corrected chi connectivity index (χ2v) is 3.79. The number of benzene rings is 1. The molecule has 2 rings (SSSR count). The molecule has 0 saturated heterocycles. The Morgan fingerprint density at radius 2 is 1.64 bits per heavy atom. The molecule has 1 heterocycles. The number of nitro groups is 1. The van der Waals surface area contributed by atoms with E-state index in [-0.39, 0.29) is 17.3 Å². The van der Waals surface area contributed by atoms with Crippen LogP contribution in [0.2, 0.25) is 0 Å². The topological polar surface area (TPSA) is 91.3 Å². The van der Waals surface area contributed by atoms with Crippen LogP contribution < -0.4 is 10.5 Å². The number of anilines is 1. The zero-order chi connectivity index (χ0) is 20.0. The molecule has 0 radical (unpaired) electrons. The summed E-state index contributed by atoms with van der Waals surface area (Å²) < 4.78 is 19.0. The summed E-state index contributed by atoms with van der Waals surface area (Å²) >= 11 is 0. The normalized spacial score (nSPS) is 8.48. The van der Waals surface area contributed by atoms with Crippen LogP contribution in [0, 0.1) is 22.9 Å². The summed E-state index contributed by atoms with van der Waals surface area (Å²) in [5.74, 6) is -0.302. The smallest absolute Gasteiger partial charge is 0.272 e. The highest BCUT2D eigenvalue weighted by Crippen LogP contribution is 2.30. The van der Waals surface area contributed by atoms with Crippen molar-refractivity contribution in [3.63, 3.8) is 0 Å². The molecule has 0 saturated carbocycles. The van der Waals surface area contributed by atoms with E-state index in [2.05, 4.69) is 4.98 Å². The maximum absolute atomic E-state index is 13.7. The van der Waals surface area contributed by atoms with Crippen molar-refractivity contribution >= 4 is 11.5 Å². The minimum Gasteiger partial charge on any atom is -0.454 e. The van der Waals surface area contributed by atoms with Crippen molar-refractivity contribution < 1.29 is 14.1 Å². The van der Waals surface area contributed by atoms with E-state index in [1.807, 2.05) is 41.5 Å². The van der Waals surface area contributed by atoms with Crippen molar-refractivity contribution in [2.75, 3.05) is 5.73 Å². The van der Waals surface area contributed by atoms with Gasteiger partial charge in [-0.2, -0.15) is 0 Å². The number of nitro benzene ring substituents is 1. The molecule has 0 aliphatic carbocycles. The first-order chi connectivity index (χ1) is 12.0. The number of aromatic nitrogens is 1. The molecular formula is C18H28FN3O3. The van der Waals surface area contributed by atoms with E-state index in [1.165, 1.54) is 18.3 Å². The van der Waals surface area contributed by atoms with Gasteiger partial charge >= 0.3 is 0 Å². The minimum absolute atomic E-state index is 0.112. The van der Waals surface area contributed by atoms with Crippen molar-refractivity contribution in [1.29, 1.82) is 0 Å². The Balaban J connectivity index is 0. The highest BCUT2D eigenvalue weighted by atomic mass is 19.1. The average Bonchev–Trinajstić information content (AvgIpc) is 2.65. The van der Waals surface area contributed by atoms with Crippen molar-refractivity contribution in [2.45, 2.75) is 48.5 Å². The van der Waals surface area contributed by atoms with Crippen LogP contribution in [0.4, 0.5) is 15.9 Å². The Morgan fingerprint density at radius 1 is 1.08 bits per heavy atom. The third-order valence-corrected chi connectivity index (χ3v) is 2.54. The number of pyridine rings is 1. The highest BCUT2D eigenvalue weighted by molar-refractivity contribution is 5.49. The van der Waals surface area contributed by atoms with Gasteiger partial charge in [-0.3, -0.25) is 10.1 Å². The van der Waals surface area contributed by atoms with Crippen molar-refractivity contribution in [2.24, 2.45) is 0 Å². The lowest BCUT2D eigenvalue weighted by Crippen LogP contribution is -1.97. The lowest BCUT2D eigenvalue weighted by atomic mass is 10.2. The second-order valence-electron chi connectivity index (χ2n) is 3.79. The van der Waals surface area contributed by atoms with Gasteiger partial charge in [0.25, 0.3) is 5.69 Å². The molecule has 0 unspecified atom stereocenters. The molecule has 0 aliphatic rings. The molecule has 7 heteroatoms. The molecule has 0 amide bonds. The van der Waals surface area contributed by atoms with E-state index in [0.29, 0.717) is 11.3 Å². The molecule has 140 valence electrons. The Hall–Kier alpha value is -2.70. The molecule has 2 aromatic rings. The summed E-state index contributed by atoms with van der Waals surface area (Å²) in [6.45, 7) is 13.7. The van der Waals surface area contributed by atoms with E-state index >= 15 is 0 Å². The van der Waals surface area contributed by atoms with Crippen molar-refractivity contribution in [3.05, 3.63) is 52.0 Å². The summed E-state index contributed by atoms with van der Waals surface area (Å²) in [5.41, 5.74) is 5.83. The van der Waals surface area contributed by atoms with Crippen LogP contribution in [0.15, 0.2) is 30.5 Å². The van der Waals surface area contributed by atoms with Gasteiger partial charge in [-0.1, -0.05) is 41.5 Å². The summed E-state index contributed by atoms with van der Waals surface area (Å²) in [6, 6.07) is 4.70. The molecular weight excluding hydrogens is 325 g/mol. The molecule has 6 nitrogen and oxygen atoms in total. The molecule has 0 fully saturated rings. The lowest BCUT2D eigenvalue weighted by Gasteiger charge is -2.10. The highest BCUT2D eigenvalue weighted by Gasteiger charge is 2.13. The molecule has 1 aromatic carbocycles. The number of nitrogens with two attached hydrogens (primary N) is 1. The Labute approximate surface area is 149 Å². The van der Waals surface area contributed by atoms with Gasteiger partial charge in [0.2, 0.25) is 0 Å². The van der Waals surface area contributed by atoms with Gasteiger partial charge in [-0.25, -0.2) is 9.37 Å². The number of nitrogens with zero attached hydrogens (tertiary/aromatic N) is 2. The standard InChI is InChI=1S/C12H10FN3O3.3C2H6/c1-7-10(4-5-15-12(7)14)19-11-3-2-8(16(17)18)6-9(11)13;3*1-2/h2-6H,1H3,(H2,14,15);3*1-2H3. The predicted octanol–water partition coefficient (Wildman–Crippen LogP) is 5.89. The summed E-state index contributed by atoms with van der Waals surface area (Å²) in [5, 5.41) is 10.5. The molecule has 0 bridgehead atoms. The van der Waals surface area contributed by atoms with E-state index in [0.717, 1.165) is 12.1 Å². The first kappa shape index (κ1) is 24.6. The van der Waals surface area contributed by atoms with E-state index in [9.17, 15) is 14.5 Å².